The molecule has 0 aliphatic rings. The average molecular weight is 300 g/mol. The van der Waals surface area contributed by atoms with Crippen LogP contribution < -0.4 is 0 Å². The Morgan fingerprint density at radius 2 is 1.78 bits per heavy atom. The number of aldehydes is 1. The number of rotatable bonds is 3. The zero-order valence-corrected chi connectivity index (χ0v) is 12.4. The molecule has 0 bridgehead atoms. The van der Waals surface area contributed by atoms with E-state index in [1.807, 2.05) is 20.8 Å². The molecule has 0 unspecified atom stereocenters. The van der Waals surface area contributed by atoms with Crippen molar-refractivity contribution in [2.75, 3.05) is 0 Å². The van der Waals surface area contributed by atoms with Crippen LogP contribution in [-0.4, -0.2) is 21.2 Å². The molecule has 0 aromatic carbocycles. The highest BCUT2D eigenvalue weighted by Gasteiger charge is 2.12. The molecule has 4 nitrogen and oxygen atoms in total. The Morgan fingerprint density at radius 1 is 1.17 bits per heavy atom. The maximum absolute atomic E-state index is 10.7. The second-order valence-corrected chi connectivity index (χ2v) is 6.26. The number of nitrogens with zero attached hydrogens (tertiary/aromatic N) is 3. The largest absolute Gasteiger partial charge is 0.297 e. The van der Waals surface area contributed by atoms with Gasteiger partial charge in [0.15, 0.2) is 20.9 Å². The number of carbonyl (C=O) groups excluding carboxylic acids is 1. The second kappa shape index (κ2) is 5.34. The minimum atomic E-state index is 0.234. The highest BCUT2D eigenvalue weighted by molar-refractivity contribution is 8.00. The molecule has 0 aliphatic carbocycles. The molecule has 2 rings (SSSR count). The van der Waals surface area contributed by atoms with Gasteiger partial charge in [-0.05, 0) is 38.1 Å². The molecule has 7 heteroatoms. The van der Waals surface area contributed by atoms with Gasteiger partial charge >= 0.3 is 0 Å². The first-order chi connectivity index (χ1) is 8.51. The number of carbonyl (C=O) groups is 1. The summed E-state index contributed by atoms with van der Waals surface area (Å²) in [6, 6.07) is 0. The average Bonchev–Trinajstić information content (AvgIpc) is 2.66. The second-order valence-electron chi connectivity index (χ2n) is 3.66. The Bertz CT molecular complexity index is 589. The van der Waals surface area contributed by atoms with Gasteiger partial charge in [-0.1, -0.05) is 11.6 Å². The molecule has 0 fully saturated rings. The van der Waals surface area contributed by atoms with Crippen LogP contribution >= 0.6 is 34.7 Å². The van der Waals surface area contributed by atoms with Crippen LogP contribution in [0.1, 0.15) is 26.6 Å². The molecule has 0 saturated carbocycles. The maximum atomic E-state index is 10.7. The molecule has 0 atom stereocenters. The summed E-state index contributed by atoms with van der Waals surface area (Å²) in [6.07, 6.45) is 0.705. The predicted molar refractivity (Wildman–Crippen MR) is 72.9 cm³/mol. The molecule has 0 aliphatic heterocycles. The van der Waals surface area contributed by atoms with Crippen molar-refractivity contribution >= 4 is 41.0 Å². The Morgan fingerprint density at radius 3 is 2.28 bits per heavy atom. The summed E-state index contributed by atoms with van der Waals surface area (Å²) in [5.41, 5.74) is 2.98. The molecule has 94 valence electrons. The number of aromatic nitrogens is 3. The van der Waals surface area contributed by atoms with Crippen LogP contribution in [0, 0.1) is 20.8 Å². The quantitative estimate of drug-likeness (QED) is 0.641. The summed E-state index contributed by atoms with van der Waals surface area (Å²) >= 11 is 8.37. The van der Waals surface area contributed by atoms with Crippen LogP contribution in [0.3, 0.4) is 0 Å². The number of aryl methyl sites for hydroxylation is 2. The van der Waals surface area contributed by atoms with Gasteiger partial charge in [-0.2, -0.15) is 0 Å². The lowest BCUT2D eigenvalue weighted by molar-refractivity contribution is 0.112. The Labute approximate surface area is 118 Å². The normalized spacial score (nSPS) is 10.7. The summed E-state index contributed by atoms with van der Waals surface area (Å²) in [6.45, 7) is 5.88. The van der Waals surface area contributed by atoms with Crippen molar-refractivity contribution in [3.8, 4) is 0 Å². The molecule has 18 heavy (non-hydrogen) atoms. The molecule has 0 N–H and O–H groups in total. The molecule has 2 aromatic heterocycles. The smallest absolute Gasteiger partial charge is 0.195 e. The highest BCUT2D eigenvalue weighted by atomic mass is 35.5. The van der Waals surface area contributed by atoms with Crippen LogP contribution in [0.5, 0.6) is 0 Å². The number of hydrogen-bond acceptors (Lipinski definition) is 6. The van der Waals surface area contributed by atoms with Crippen LogP contribution in [0.2, 0.25) is 5.15 Å². The molecule has 0 saturated heterocycles. The summed E-state index contributed by atoms with van der Waals surface area (Å²) in [5.74, 6) is 0. The Hall–Kier alpha value is -0.980. The number of halogens is 1. The van der Waals surface area contributed by atoms with E-state index in [9.17, 15) is 4.79 Å². The summed E-state index contributed by atoms with van der Waals surface area (Å²) in [4.78, 5) is 24.0. The Kier molecular flexibility index (Phi) is 3.99. The number of hydrogen-bond donors (Lipinski definition) is 0. The lowest BCUT2D eigenvalue weighted by Crippen LogP contribution is -1.97. The summed E-state index contributed by atoms with van der Waals surface area (Å²) < 4.78 is 0.671. The standard InChI is InChI=1S/C11H10ClN3OS2/c1-5-6(2)13-10(14-7(5)3)18-11-15-9(12)8(4-16)17-11/h4H,1-3H3. The van der Waals surface area contributed by atoms with Crippen LogP contribution in [0.15, 0.2) is 9.50 Å². The fourth-order valence-corrected chi connectivity index (χ4v) is 3.44. The summed E-state index contributed by atoms with van der Waals surface area (Å²) in [7, 11) is 0. The van der Waals surface area contributed by atoms with E-state index in [2.05, 4.69) is 15.0 Å². The molecule has 2 heterocycles. The van der Waals surface area contributed by atoms with Crippen molar-refractivity contribution < 1.29 is 4.79 Å². The lowest BCUT2D eigenvalue weighted by atomic mass is 10.2. The van der Waals surface area contributed by atoms with E-state index in [0.29, 0.717) is 20.7 Å². The fourth-order valence-electron chi connectivity index (χ4n) is 1.28. The van der Waals surface area contributed by atoms with Gasteiger partial charge in [0.25, 0.3) is 0 Å². The van der Waals surface area contributed by atoms with Crippen LogP contribution in [0.4, 0.5) is 0 Å². The number of thiazole rings is 1. The van der Waals surface area contributed by atoms with Crippen molar-refractivity contribution in [1.29, 1.82) is 0 Å². The van der Waals surface area contributed by atoms with Gasteiger partial charge in [-0.25, -0.2) is 15.0 Å². The SMILES string of the molecule is Cc1nc(Sc2nc(Cl)c(C=O)s2)nc(C)c1C. The maximum Gasteiger partial charge on any atom is 0.195 e. The molecule has 2 aromatic rings. The van der Waals surface area contributed by atoms with Crippen molar-refractivity contribution in [3.05, 3.63) is 27.0 Å². The van der Waals surface area contributed by atoms with Crippen LogP contribution in [0.25, 0.3) is 0 Å². The van der Waals surface area contributed by atoms with Crippen LogP contribution in [-0.2, 0) is 0 Å². The first-order valence-electron chi connectivity index (χ1n) is 5.12. The monoisotopic (exact) mass is 299 g/mol. The summed E-state index contributed by atoms with van der Waals surface area (Å²) in [5, 5.41) is 0.858. The van der Waals surface area contributed by atoms with E-state index in [0.717, 1.165) is 17.0 Å². The third-order valence-electron chi connectivity index (χ3n) is 2.49. The molecule has 0 spiro atoms. The Balaban J connectivity index is 2.31. The topological polar surface area (TPSA) is 55.7 Å². The molecular formula is C11H10ClN3OS2. The van der Waals surface area contributed by atoms with Crippen molar-refractivity contribution in [1.82, 2.24) is 15.0 Å². The fraction of sp³-hybridized carbons (Fsp3) is 0.273. The van der Waals surface area contributed by atoms with E-state index in [4.69, 9.17) is 11.6 Å². The van der Waals surface area contributed by atoms with Gasteiger partial charge in [0.05, 0.1) is 0 Å². The van der Waals surface area contributed by atoms with Crippen molar-refractivity contribution in [2.24, 2.45) is 0 Å². The first kappa shape index (κ1) is 13.5. The first-order valence-corrected chi connectivity index (χ1v) is 7.13. The van der Waals surface area contributed by atoms with Crippen molar-refractivity contribution in [2.45, 2.75) is 30.3 Å². The van der Waals surface area contributed by atoms with E-state index in [1.165, 1.54) is 23.1 Å². The minimum absolute atomic E-state index is 0.234. The van der Waals surface area contributed by atoms with Gasteiger partial charge in [0, 0.05) is 11.4 Å². The van der Waals surface area contributed by atoms with E-state index >= 15 is 0 Å². The van der Waals surface area contributed by atoms with Gasteiger partial charge in [-0.3, -0.25) is 4.79 Å². The highest BCUT2D eigenvalue weighted by Crippen LogP contribution is 2.32. The van der Waals surface area contributed by atoms with Crippen molar-refractivity contribution in [3.63, 3.8) is 0 Å². The molecule has 0 radical (unpaired) electrons. The molecular weight excluding hydrogens is 290 g/mol. The van der Waals surface area contributed by atoms with Gasteiger partial charge in [-0.15, -0.1) is 11.3 Å². The van der Waals surface area contributed by atoms with E-state index in [1.54, 1.807) is 0 Å². The van der Waals surface area contributed by atoms with Gasteiger partial charge < -0.3 is 0 Å². The zero-order valence-electron chi connectivity index (χ0n) is 10.0. The third kappa shape index (κ3) is 2.71. The van der Waals surface area contributed by atoms with E-state index < -0.39 is 0 Å². The predicted octanol–water partition coefficient (Wildman–Crippen LogP) is 3.48. The minimum Gasteiger partial charge on any atom is -0.297 e. The van der Waals surface area contributed by atoms with Gasteiger partial charge in [0.2, 0.25) is 0 Å². The lowest BCUT2D eigenvalue weighted by Gasteiger charge is -2.04. The van der Waals surface area contributed by atoms with Gasteiger partial charge in [0.1, 0.15) is 4.88 Å². The third-order valence-corrected chi connectivity index (χ3v) is 4.79. The zero-order chi connectivity index (χ0) is 13.3. The van der Waals surface area contributed by atoms with E-state index in [-0.39, 0.29) is 5.15 Å². The molecule has 0 amide bonds.